The molecule has 0 saturated carbocycles. The third-order valence-corrected chi connectivity index (χ3v) is 2.74. The molecule has 2 N–H and O–H groups in total. The maximum absolute atomic E-state index is 9.88. The van der Waals surface area contributed by atoms with Gasteiger partial charge in [0, 0.05) is 22.7 Å². The summed E-state index contributed by atoms with van der Waals surface area (Å²) < 4.78 is 5.46. The van der Waals surface area contributed by atoms with Gasteiger partial charge in [0.05, 0.1) is 12.7 Å². The fourth-order valence-electron chi connectivity index (χ4n) is 1.87. The summed E-state index contributed by atoms with van der Waals surface area (Å²) in [4.78, 5) is 3.16. The maximum Gasteiger partial charge on any atom is 0.120 e. The molecule has 0 unspecified atom stereocenters. The molecule has 1 aromatic heterocycles. The Labute approximate surface area is 95.1 Å². The van der Waals surface area contributed by atoms with Crippen LogP contribution in [0.25, 0.3) is 10.9 Å². The first-order valence-corrected chi connectivity index (χ1v) is 5.68. The highest BCUT2D eigenvalue weighted by Crippen LogP contribution is 2.28. The van der Waals surface area contributed by atoms with Gasteiger partial charge in [-0.25, -0.2) is 0 Å². The van der Waals surface area contributed by atoms with E-state index in [-0.39, 0.29) is 0 Å². The van der Waals surface area contributed by atoms with Gasteiger partial charge >= 0.3 is 0 Å². The molecule has 0 radical (unpaired) electrons. The summed E-state index contributed by atoms with van der Waals surface area (Å²) in [7, 11) is 0. The summed E-state index contributed by atoms with van der Waals surface area (Å²) in [5, 5.41) is 10.9. The first-order valence-electron chi connectivity index (χ1n) is 5.68. The molecule has 0 aliphatic carbocycles. The number of aliphatic hydroxyl groups excluding tert-OH is 1. The van der Waals surface area contributed by atoms with Crippen LogP contribution in [0.15, 0.2) is 24.4 Å². The van der Waals surface area contributed by atoms with Crippen molar-refractivity contribution in [2.45, 2.75) is 26.4 Å². The monoisotopic (exact) mass is 219 g/mol. The minimum atomic E-state index is -0.411. The van der Waals surface area contributed by atoms with E-state index < -0.39 is 6.10 Å². The summed E-state index contributed by atoms with van der Waals surface area (Å²) in [5.41, 5.74) is 1.98. The predicted octanol–water partition coefficient (Wildman–Crippen LogP) is 3.01. The molecule has 1 atom stereocenters. The Kier molecular flexibility index (Phi) is 3.15. The van der Waals surface area contributed by atoms with Crippen LogP contribution in [0, 0.1) is 0 Å². The molecule has 0 aliphatic rings. The number of benzene rings is 1. The van der Waals surface area contributed by atoms with Gasteiger partial charge in [-0.2, -0.15) is 0 Å². The SMILES string of the molecule is CCOc1ccc2[nH]cc([C@@H](O)CC)c2c1. The Morgan fingerprint density at radius 1 is 1.38 bits per heavy atom. The van der Waals surface area contributed by atoms with Gasteiger partial charge in [0.1, 0.15) is 5.75 Å². The Balaban J connectivity index is 2.47. The van der Waals surface area contributed by atoms with E-state index in [1.165, 1.54) is 0 Å². The second kappa shape index (κ2) is 4.58. The van der Waals surface area contributed by atoms with E-state index in [0.29, 0.717) is 13.0 Å². The van der Waals surface area contributed by atoms with Crippen LogP contribution in [0.2, 0.25) is 0 Å². The van der Waals surface area contributed by atoms with E-state index in [1.54, 1.807) is 0 Å². The van der Waals surface area contributed by atoms with Gasteiger partial charge in [-0.05, 0) is 31.5 Å². The van der Waals surface area contributed by atoms with Crippen molar-refractivity contribution in [1.29, 1.82) is 0 Å². The lowest BCUT2D eigenvalue weighted by Crippen LogP contribution is -1.94. The average Bonchev–Trinajstić information content (AvgIpc) is 2.71. The molecule has 0 aliphatic heterocycles. The van der Waals surface area contributed by atoms with Gasteiger partial charge in [0.25, 0.3) is 0 Å². The van der Waals surface area contributed by atoms with Crippen LogP contribution in [-0.2, 0) is 0 Å². The second-order valence-corrected chi connectivity index (χ2v) is 3.81. The number of aliphatic hydroxyl groups is 1. The van der Waals surface area contributed by atoms with Crippen LogP contribution in [0.4, 0.5) is 0 Å². The molecule has 0 amide bonds. The zero-order valence-corrected chi connectivity index (χ0v) is 9.66. The molecule has 1 aromatic carbocycles. The van der Waals surface area contributed by atoms with Crippen LogP contribution in [0.1, 0.15) is 31.9 Å². The number of rotatable bonds is 4. The molecule has 0 fully saturated rings. The summed E-state index contributed by atoms with van der Waals surface area (Å²) in [5.74, 6) is 0.846. The number of ether oxygens (including phenoxy) is 1. The highest BCUT2D eigenvalue weighted by molar-refractivity contribution is 5.85. The van der Waals surface area contributed by atoms with Crippen molar-refractivity contribution in [1.82, 2.24) is 4.98 Å². The van der Waals surface area contributed by atoms with Crippen molar-refractivity contribution >= 4 is 10.9 Å². The molecule has 86 valence electrons. The molecule has 0 saturated heterocycles. The number of hydrogen-bond acceptors (Lipinski definition) is 2. The van der Waals surface area contributed by atoms with Crippen LogP contribution in [0.5, 0.6) is 5.75 Å². The van der Waals surface area contributed by atoms with Gasteiger partial charge in [0.2, 0.25) is 0 Å². The number of aromatic amines is 1. The summed E-state index contributed by atoms with van der Waals surface area (Å²) in [6, 6.07) is 5.89. The predicted molar refractivity (Wildman–Crippen MR) is 64.7 cm³/mol. The number of H-pyrrole nitrogens is 1. The van der Waals surface area contributed by atoms with Crippen LogP contribution in [-0.4, -0.2) is 16.7 Å². The fraction of sp³-hybridized carbons (Fsp3) is 0.385. The topological polar surface area (TPSA) is 45.2 Å². The van der Waals surface area contributed by atoms with Gasteiger partial charge in [-0.15, -0.1) is 0 Å². The van der Waals surface area contributed by atoms with Gasteiger partial charge in [-0.3, -0.25) is 0 Å². The van der Waals surface area contributed by atoms with Crippen LogP contribution in [0.3, 0.4) is 0 Å². The first kappa shape index (κ1) is 11.0. The molecular weight excluding hydrogens is 202 g/mol. The lowest BCUT2D eigenvalue weighted by Gasteiger charge is -2.07. The minimum absolute atomic E-state index is 0.411. The number of nitrogens with one attached hydrogen (secondary N) is 1. The zero-order valence-electron chi connectivity index (χ0n) is 9.66. The summed E-state index contributed by atoms with van der Waals surface area (Å²) in [6.45, 7) is 4.58. The summed E-state index contributed by atoms with van der Waals surface area (Å²) >= 11 is 0. The Hall–Kier alpha value is -1.48. The van der Waals surface area contributed by atoms with E-state index >= 15 is 0 Å². The van der Waals surface area contributed by atoms with Gasteiger partial charge < -0.3 is 14.8 Å². The van der Waals surface area contributed by atoms with Crippen molar-refractivity contribution in [3.05, 3.63) is 30.0 Å². The molecular formula is C13H17NO2. The van der Waals surface area contributed by atoms with Crippen molar-refractivity contribution < 1.29 is 9.84 Å². The molecule has 2 aromatic rings. The Bertz CT molecular complexity index is 476. The number of fused-ring (bicyclic) bond motifs is 1. The third kappa shape index (κ3) is 1.91. The van der Waals surface area contributed by atoms with Gasteiger partial charge in [0.15, 0.2) is 0 Å². The highest BCUT2D eigenvalue weighted by Gasteiger charge is 2.11. The molecule has 3 heteroatoms. The minimum Gasteiger partial charge on any atom is -0.494 e. The zero-order chi connectivity index (χ0) is 11.5. The normalized spacial score (nSPS) is 12.9. The average molecular weight is 219 g/mol. The third-order valence-electron chi connectivity index (χ3n) is 2.74. The molecule has 0 spiro atoms. The molecule has 0 bridgehead atoms. The molecule has 3 nitrogen and oxygen atoms in total. The number of hydrogen-bond donors (Lipinski definition) is 2. The number of aromatic nitrogens is 1. The van der Waals surface area contributed by atoms with E-state index in [4.69, 9.17) is 4.74 Å². The largest absolute Gasteiger partial charge is 0.494 e. The van der Waals surface area contributed by atoms with Crippen molar-refractivity contribution in [3.63, 3.8) is 0 Å². The lowest BCUT2D eigenvalue weighted by molar-refractivity contribution is 0.175. The Morgan fingerprint density at radius 2 is 2.19 bits per heavy atom. The quantitative estimate of drug-likeness (QED) is 0.830. The van der Waals surface area contributed by atoms with E-state index in [9.17, 15) is 5.11 Å². The van der Waals surface area contributed by atoms with E-state index in [0.717, 1.165) is 22.2 Å². The standard InChI is InChI=1S/C13H17NO2/c1-3-13(15)11-8-14-12-6-5-9(16-4-2)7-10(11)12/h5-8,13-15H,3-4H2,1-2H3/t13-/m0/s1. The van der Waals surface area contributed by atoms with Crippen molar-refractivity contribution in [3.8, 4) is 5.75 Å². The van der Waals surface area contributed by atoms with Crippen molar-refractivity contribution in [2.75, 3.05) is 6.61 Å². The maximum atomic E-state index is 9.88. The molecule has 1 heterocycles. The Morgan fingerprint density at radius 3 is 2.88 bits per heavy atom. The second-order valence-electron chi connectivity index (χ2n) is 3.81. The van der Waals surface area contributed by atoms with Gasteiger partial charge in [-0.1, -0.05) is 6.92 Å². The van der Waals surface area contributed by atoms with Crippen LogP contribution >= 0.6 is 0 Å². The van der Waals surface area contributed by atoms with E-state index in [1.807, 2.05) is 38.2 Å². The molecule has 16 heavy (non-hydrogen) atoms. The fourth-order valence-corrected chi connectivity index (χ4v) is 1.87. The van der Waals surface area contributed by atoms with Crippen molar-refractivity contribution in [2.24, 2.45) is 0 Å². The van der Waals surface area contributed by atoms with Crippen LogP contribution < -0.4 is 4.74 Å². The molecule has 2 rings (SSSR count). The highest BCUT2D eigenvalue weighted by atomic mass is 16.5. The first-order chi connectivity index (χ1) is 7.76. The summed E-state index contributed by atoms with van der Waals surface area (Å²) in [6.07, 6.45) is 2.17. The lowest BCUT2D eigenvalue weighted by atomic mass is 10.1. The van der Waals surface area contributed by atoms with E-state index in [2.05, 4.69) is 4.98 Å². The smallest absolute Gasteiger partial charge is 0.120 e.